The molecule has 1 aromatic carbocycles. The van der Waals surface area contributed by atoms with Crippen LogP contribution in [-0.4, -0.2) is 62.0 Å². The molecule has 0 unspecified atom stereocenters. The van der Waals surface area contributed by atoms with Gasteiger partial charge in [0.25, 0.3) is 0 Å². The molecular weight excluding hydrogens is 420 g/mol. The van der Waals surface area contributed by atoms with Crippen LogP contribution < -0.4 is 0 Å². The minimum atomic E-state index is -3.91. The lowest BCUT2D eigenvalue weighted by atomic mass is 10.1. The van der Waals surface area contributed by atoms with Crippen LogP contribution in [0.25, 0.3) is 0 Å². The first-order valence-electron chi connectivity index (χ1n) is 10.1. The molecule has 1 fully saturated rings. The molecule has 31 heavy (non-hydrogen) atoms. The first kappa shape index (κ1) is 23.2. The van der Waals surface area contributed by atoms with E-state index in [9.17, 15) is 18.0 Å². The number of sulfonamides is 1. The van der Waals surface area contributed by atoms with Crippen molar-refractivity contribution in [3.63, 3.8) is 0 Å². The summed E-state index contributed by atoms with van der Waals surface area (Å²) in [6, 6.07) is 8.05. The van der Waals surface area contributed by atoms with Crippen molar-refractivity contribution in [2.45, 2.75) is 37.7 Å². The number of aromatic nitrogens is 1. The standard InChI is InChI=1S/C22H28N2O6S/c1-15-20(16(2)23(3)21(15)22(26)29-4)19(25)14-24(13-17-9-8-12-30-17)31(27,28)18-10-6-5-7-11-18/h5-7,10-11,17H,8-9,12-14H2,1-4H3/t17-/m1/s1. The molecular formula is C22H28N2O6S. The molecule has 0 bridgehead atoms. The lowest BCUT2D eigenvalue weighted by Gasteiger charge is -2.24. The fraction of sp³-hybridized carbons (Fsp3) is 0.455. The third kappa shape index (κ3) is 4.58. The van der Waals surface area contributed by atoms with Crippen LogP contribution in [0.4, 0.5) is 0 Å². The van der Waals surface area contributed by atoms with Gasteiger partial charge >= 0.3 is 5.97 Å². The van der Waals surface area contributed by atoms with Gasteiger partial charge in [0.2, 0.25) is 10.0 Å². The second-order valence-corrected chi connectivity index (χ2v) is 9.59. The van der Waals surface area contributed by atoms with E-state index >= 15 is 0 Å². The van der Waals surface area contributed by atoms with E-state index < -0.39 is 16.0 Å². The molecule has 0 spiro atoms. The Morgan fingerprint density at radius 1 is 1.23 bits per heavy atom. The monoisotopic (exact) mass is 448 g/mol. The Labute approximate surface area is 182 Å². The van der Waals surface area contributed by atoms with E-state index in [0.717, 1.165) is 12.8 Å². The highest BCUT2D eigenvalue weighted by atomic mass is 32.2. The molecule has 0 radical (unpaired) electrons. The number of hydrogen-bond donors (Lipinski definition) is 0. The van der Waals surface area contributed by atoms with Gasteiger partial charge in [-0.25, -0.2) is 13.2 Å². The quantitative estimate of drug-likeness (QED) is 0.455. The van der Waals surface area contributed by atoms with E-state index in [4.69, 9.17) is 9.47 Å². The van der Waals surface area contributed by atoms with Crippen molar-refractivity contribution in [2.75, 3.05) is 26.8 Å². The first-order chi connectivity index (χ1) is 14.7. The maximum atomic E-state index is 13.3. The molecule has 168 valence electrons. The van der Waals surface area contributed by atoms with Gasteiger partial charge in [0.15, 0.2) is 5.78 Å². The summed E-state index contributed by atoms with van der Waals surface area (Å²) in [6.45, 7) is 3.73. The number of rotatable bonds is 8. The molecule has 2 heterocycles. The minimum absolute atomic E-state index is 0.0950. The van der Waals surface area contributed by atoms with Crippen LogP contribution in [-0.2, 0) is 26.5 Å². The molecule has 1 saturated heterocycles. The lowest BCUT2D eigenvalue weighted by Crippen LogP contribution is -2.40. The number of carbonyl (C=O) groups excluding carboxylic acids is 2. The second kappa shape index (κ2) is 9.33. The number of Topliss-reactive ketones (excluding diaryl/α,β-unsaturated/α-hetero) is 1. The highest BCUT2D eigenvalue weighted by Gasteiger charge is 2.33. The van der Waals surface area contributed by atoms with E-state index in [-0.39, 0.29) is 35.6 Å². The summed E-state index contributed by atoms with van der Waals surface area (Å²) in [5, 5.41) is 0. The van der Waals surface area contributed by atoms with Crippen molar-refractivity contribution in [1.29, 1.82) is 0 Å². The van der Waals surface area contributed by atoms with Crippen molar-refractivity contribution in [1.82, 2.24) is 8.87 Å². The fourth-order valence-electron chi connectivity index (χ4n) is 4.02. The van der Waals surface area contributed by atoms with Gasteiger partial charge in [-0.05, 0) is 44.4 Å². The Kier molecular flexibility index (Phi) is 6.98. The van der Waals surface area contributed by atoms with Crippen LogP contribution in [0.15, 0.2) is 35.2 Å². The molecule has 0 amide bonds. The number of methoxy groups -OCH3 is 1. The molecule has 2 aromatic rings. The number of esters is 1. The van der Waals surface area contributed by atoms with Crippen molar-refractivity contribution < 1.29 is 27.5 Å². The van der Waals surface area contributed by atoms with Crippen molar-refractivity contribution >= 4 is 21.8 Å². The Hall–Kier alpha value is -2.49. The molecule has 8 nitrogen and oxygen atoms in total. The van der Waals surface area contributed by atoms with E-state index in [1.807, 2.05) is 0 Å². The van der Waals surface area contributed by atoms with Crippen LogP contribution >= 0.6 is 0 Å². The maximum Gasteiger partial charge on any atom is 0.354 e. The third-order valence-corrected chi connectivity index (χ3v) is 7.55. The Morgan fingerprint density at radius 3 is 2.48 bits per heavy atom. The molecule has 1 aromatic heterocycles. The van der Waals surface area contributed by atoms with Gasteiger partial charge in [-0.1, -0.05) is 18.2 Å². The van der Waals surface area contributed by atoms with Gasteiger partial charge in [0.05, 0.1) is 24.7 Å². The van der Waals surface area contributed by atoms with Gasteiger partial charge in [0.1, 0.15) is 5.69 Å². The molecule has 9 heteroatoms. The average Bonchev–Trinajstić information content (AvgIpc) is 3.34. The van der Waals surface area contributed by atoms with Crippen LogP contribution in [0, 0.1) is 13.8 Å². The lowest BCUT2D eigenvalue weighted by molar-refractivity contribution is 0.0588. The number of benzene rings is 1. The summed E-state index contributed by atoms with van der Waals surface area (Å²) in [5.41, 5.74) is 1.67. The minimum Gasteiger partial charge on any atom is -0.464 e. The molecule has 1 aliphatic rings. The zero-order valence-corrected chi connectivity index (χ0v) is 19.1. The van der Waals surface area contributed by atoms with Crippen LogP contribution in [0.1, 0.15) is 44.9 Å². The van der Waals surface area contributed by atoms with E-state index in [0.29, 0.717) is 23.4 Å². The highest BCUT2D eigenvalue weighted by molar-refractivity contribution is 7.89. The van der Waals surface area contributed by atoms with Crippen molar-refractivity contribution in [3.05, 3.63) is 52.8 Å². The predicted octanol–water partition coefficient (Wildman–Crippen LogP) is 2.48. The summed E-state index contributed by atoms with van der Waals surface area (Å²) in [5.74, 6) is -0.923. The average molecular weight is 449 g/mol. The Morgan fingerprint density at radius 2 is 1.90 bits per heavy atom. The number of ether oxygens (including phenoxy) is 2. The van der Waals surface area contributed by atoms with E-state index in [1.165, 1.54) is 23.5 Å². The zero-order chi connectivity index (χ0) is 22.8. The molecule has 1 aliphatic heterocycles. The topological polar surface area (TPSA) is 94.9 Å². The van der Waals surface area contributed by atoms with Gasteiger partial charge in [-0.15, -0.1) is 0 Å². The predicted molar refractivity (Wildman–Crippen MR) is 115 cm³/mol. The van der Waals surface area contributed by atoms with Crippen molar-refractivity contribution in [3.8, 4) is 0 Å². The summed E-state index contributed by atoms with van der Waals surface area (Å²) >= 11 is 0. The SMILES string of the molecule is COC(=O)c1c(C)c(C(=O)CN(C[C@H]2CCCO2)S(=O)(=O)c2ccccc2)c(C)n1C. The van der Waals surface area contributed by atoms with Gasteiger partial charge in [-0.2, -0.15) is 4.31 Å². The van der Waals surface area contributed by atoms with Gasteiger partial charge in [0, 0.05) is 31.5 Å². The smallest absolute Gasteiger partial charge is 0.354 e. The second-order valence-electron chi connectivity index (χ2n) is 7.65. The Balaban J connectivity index is 1.97. The fourth-order valence-corrected chi connectivity index (χ4v) is 5.47. The molecule has 0 N–H and O–H groups in total. The molecule has 0 saturated carbocycles. The summed E-state index contributed by atoms with van der Waals surface area (Å²) in [4.78, 5) is 25.6. The molecule has 1 atom stereocenters. The summed E-state index contributed by atoms with van der Waals surface area (Å²) < 4.78 is 39.9. The summed E-state index contributed by atoms with van der Waals surface area (Å²) in [6.07, 6.45) is 1.34. The number of hydrogen-bond acceptors (Lipinski definition) is 6. The van der Waals surface area contributed by atoms with E-state index in [2.05, 4.69) is 0 Å². The summed E-state index contributed by atoms with van der Waals surface area (Å²) in [7, 11) is -0.952. The normalized spacial score (nSPS) is 16.6. The number of ketones is 1. The van der Waals surface area contributed by atoms with Crippen LogP contribution in [0.2, 0.25) is 0 Å². The van der Waals surface area contributed by atoms with Crippen LogP contribution in [0.5, 0.6) is 0 Å². The third-order valence-electron chi connectivity index (χ3n) is 5.72. The van der Waals surface area contributed by atoms with Crippen molar-refractivity contribution in [2.24, 2.45) is 7.05 Å². The zero-order valence-electron chi connectivity index (χ0n) is 18.3. The van der Waals surface area contributed by atoms with Gasteiger partial charge < -0.3 is 14.0 Å². The molecule has 0 aliphatic carbocycles. The van der Waals surface area contributed by atoms with Gasteiger partial charge in [-0.3, -0.25) is 4.79 Å². The maximum absolute atomic E-state index is 13.3. The number of carbonyl (C=O) groups is 2. The van der Waals surface area contributed by atoms with Crippen LogP contribution in [0.3, 0.4) is 0 Å². The number of nitrogens with zero attached hydrogens (tertiary/aromatic N) is 2. The first-order valence-corrected chi connectivity index (χ1v) is 11.6. The van der Waals surface area contributed by atoms with E-state index in [1.54, 1.807) is 43.7 Å². The highest BCUT2D eigenvalue weighted by Crippen LogP contribution is 2.25. The Bertz CT molecular complexity index is 1070. The molecule has 3 rings (SSSR count). The largest absolute Gasteiger partial charge is 0.464 e.